The molecule has 1 amide bonds. The highest BCUT2D eigenvalue weighted by Gasteiger charge is 2.28. The molecule has 0 saturated carbocycles. The van der Waals surface area contributed by atoms with Crippen molar-refractivity contribution in [3.8, 4) is 0 Å². The molecule has 1 aliphatic rings. The minimum atomic E-state index is 0.0933. The van der Waals surface area contributed by atoms with E-state index in [1.807, 2.05) is 14.1 Å². The summed E-state index contributed by atoms with van der Waals surface area (Å²) in [7, 11) is 3.75. The minimum Gasteiger partial charge on any atom is -0.379 e. The molecule has 0 radical (unpaired) electrons. The molecule has 1 rings (SSSR count). The number of nitrogens with one attached hydrogen (secondary N) is 1. The number of amides is 1. The van der Waals surface area contributed by atoms with Gasteiger partial charge >= 0.3 is 0 Å². The van der Waals surface area contributed by atoms with Gasteiger partial charge in [-0.15, -0.1) is 0 Å². The topological polar surface area (TPSA) is 41.6 Å². The van der Waals surface area contributed by atoms with Crippen LogP contribution in [0.4, 0.5) is 0 Å². The Bertz CT molecular complexity index is 184. The summed E-state index contributed by atoms with van der Waals surface area (Å²) >= 11 is 0. The molecule has 2 unspecified atom stereocenters. The van der Waals surface area contributed by atoms with Crippen molar-refractivity contribution in [3.05, 3.63) is 0 Å². The third-order valence-corrected chi connectivity index (χ3v) is 2.69. The van der Waals surface area contributed by atoms with E-state index in [0.717, 1.165) is 13.0 Å². The lowest BCUT2D eigenvalue weighted by Crippen LogP contribution is -2.54. The molecule has 4 heteroatoms. The van der Waals surface area contributed by atoms with E-state index in [-0.39, 0.29) is 11.9 Å². The molecular weight excluding hydrogens is 168 g/mol. The van der Waals surface area contributed by atoms with Crippen molar-refractivity contribution in [3.63, 3.8) is 0 Å². The van der Waals surface area contributed by atoms with Gasteiger partial charge in [-0.3, -0.25) is 4.79 Å². The van der Waals surface area contributed by atoms with Gasteiger partial charge in [-0.25, -0.2) is 0 Å². The van der Waals surface area contributed by atoms with Crippen molar-refractivity contribution in [1.29, 1.82) is 0 Å². The molecule has 0 spiro atoms. The number of rotatable bonds is 2. The Morgan fingerprint density at radius 2 is 2.31 bits per heavy atom. The van der Waals surface area contributed by atoms with Crippen molar-refractivity contribution >= 4 is 5.91 Å². The molecular formula is C9H18N2O2. The molecule has 0 aromatic carbocycles. The van der Waals surface area contributed by atoms with Crippen LogP contribution in [0.3, 0.4) is 0 Å². The van der Waals surface area contributed by atoms with E-state index >= 15 is 0 Å². The molecule has 0 aromatic heterocycles. The van der Waals surface area contributed by atoms with Gasteiger partial charge in [-0.1, -0.05) is 0 Å². The fraction of sp³-hybridized carbons (Fsp3) is 0.889. The highest BCUT2D eigenvalue weighted by molar-refractivity contribution is 5.73. The molecule has 0 aliphatic carbocycles. The summed E-state index contributed by atoms with van der Waals surface area (Å²) < 4.78 is 5.35. The maximum Gasteiger partial charge on any atom is 0.219 e. The zero-order chi connectivity index (χ0) is 9.84. The van der Waals surface area contributed by atoms with Crippen LogP contribution >= 0.6 is 0 Å². The van der Waals surface area contributed by atoms with Gasteiger partial charge in [0.1, 0.15) is 0 Å². The van der Waals surface area contributed by atoms with Crippen molar-refractivity contribution in [2.75, 3.05) is 27.3 Å². The lowest BCUT2D eigenvalue weighted by atomic mass is 10.0. The molecule has 1 heterocycles. The van der Waals surface area contributed by atoms with Gasteiger partial charge in [0.05, 0.1) is 12.6 Å². The smallest absolute Gasteiger partial charge is 0.219 e. The predicted molar refractivity (Wildman–Crippen MR) is 50.5 cm³/mol. The lowest BCUT2D eigenvalue weighted by Gasteiger charge is -2.37. The second-order valence-corrected chi connectivity index (χ2v) is 3.46. The number of carbonyl (C=O) groups is 1. The summed E-state index contributed by atoms with van der Waals surface area (Å²) in [5, 5.41) is 3.22. The Morgan fingerprint density at radius 3 is 2.85 bits per heavy atom. The first-order valence-electron chi connectivity index (χ1n) is 4.65. The van der Waals surface area contributed by atoms with E-state index in [2.05, 4.69) is 5.32 Å². The Hall–Kier alpha value is -0.610. The second kappa shape index (κ2) is 4.58. The average Bonchev–Trinajstić information content (AvgIpc) is 2.16. The Labute approximate surface area is 79.2 Å². The summed E-state index contributed by atoms with van der Waals surface area (Å²) in [4.78, 5) is 12.9. The molecule has 2 atom stereocenters. The number of carbonyl (C=O) groups excluding carboxylic acids is 1. The highest BCUT2D eigenvalue weighted by Crippen LogP contribution is 2.12. The van der Waals surface area contributed by atoms with Crippen molar-refractivity contribution in [2.45, 2.75) is 25.4 Å². The van der Waals surface area contributed by atoms with Gasteiger partial charge < -0.3 is 15.0 Å². The zero-order valence-corrected chi connectivity index (χ0v) is 8.54. The molecule has 1 aliphatic heterocycles. The van der Waals surface area contributed by atoms with E-state index in [0.29, 0.717) is 12.6 Å². The van der Waals surface area contributed by atoms with Gasteiger partial charge in [-0.05, 0) is 13.5 Å². The van der Waals surface area contributed by atoms with E-state index in [4.69, 9.17) is 4.74 Å². The molecule has 1 N–H and O–H groups in total. The molecule has 0 bridgehead atoms. The molecule has 13 heavy (non-hydrogen) atoms. The van der Waals surface area contributed by atoms with Crippen molar-refractivity contribution < 1.29 is 9.53 Å². The van der Waals surface area contributed by atoms with E-state index in [9.17, 15) is 4.79 Å². The molecule has 1 fully saturated rings. The van der Waals surface area contributed by atoms with Crippen LogP contribution in [0.15, 0.2) is 0 Å². The summed E-state index contributed by atoms with van der Waals surface area (Å²) in [6.45, 7) is 3.01. The summed E-state index contributed by atoms with van der Waals surface area (Å²) in [6.07, 6.45) is 0.971. The first kappa shape index (κ1) is 10.5. The van der Waals surface area contributed by atoms with Crippen LogP contribution < -0.4 is 5.32 Å². The lowest BCUT2D eigenvalue weighted by molar-refractivity contribution is -0.133. The van der Waals surface area contributed by atoms with E-state index in [1.54, 1.807) is 11.8 Å². The zero-order valence-electron chi connectivity index (χ0n) is 8.54. The molecule has 1 saturated heterocycles. The normalized spacial score (nSPS) is 28.5. The van der Waals surface area contributed by atoms with Gasteiger partial charge in [0.25, 0.3) is 0 Å². The van der Waals surface area contributed by atoms with Crippen molar-refractivity contribution in [1.82, 2.24) is 10.2 Å². The fourth-order valence-corrected chi connectivity index (χ4v) is 1.67. The quantitative estimate of drug-likeness (QED) is 0.651. The minimum absolute atomic E-state index is 0.0933. The van der Waals surface area contributed by atoms with Gasteiger partial charge in [0.15, 0.2) is 0 Å². The van der Waals surface area contributed by atoms with Crippen LogP contribution in [0.1, 0.15) is 13.3 Å². The number of hydrogen-bond acceptors (Lipinski definition) is 3. The fourth-order valence-electron chi connectivity index (χ4n) is 1.67. The van der Waals surface area contributed by atoms with Crippen LogP contribution in [0.2, 0.25) is 0 Å². The van der Waals surface area contributed by atoms with Crippen LogP contribution in [0, 0.1) is 0 Å². The third kappa shape index (κ3) is 2.42. The largest absolute Gasteiger partial charge is 0.379 e. The number of hydrogen-bond donors (Lipinski definition) is 1. The number of ether oxygens (including phenoxy) is 1. The van der Waals surface area contributed by atoms with E-state index in [1.165, 1.54) is 0 Å². The summed E-state index contributed by atoms with van der Waals surface area (Å²) in [5.41, 5.74) is 0. The first-order chi connectivity index (χ1) is 6.16. The summed E-state index contributed by atoms with van der Waals surface area (Å²) in [5.74, 6) is 0.0933. The molecule has 76 valence electrons. The highest BCUT2D eigenvalue weighted by atomic mass is 16.5. The van der Waals surface area contributed by atoms with Crippen LogP contribution in [-0.4, -0.2) is 50.2 Å². The average molecular weight is 186 g/mol. The first-order valence-corrected chi connectivity index (χ1v) is 4.65. The monoisotopic (exact) mass is 186 g/mol. The van der Waals surface area contributed by atoms with Crippen molar-refractivity contribution in [2.24, 2.45) is 0 Å². The van der Waals surface area contributed by atoms with Crippen LogP contribution in [0.5, 0.6) is 0 Å². The standard InChI is InChI=1S/C9H18N2O2/c1-7(12)11(3)9-6-13-5-4-8(9)10-2/h8-10H,4-6H2,1-3H3. The number of nitrogens with zero attached hydrogens (tertiary/aromatic N) is 1. The summed E-state index contributed by atoms with van der Waals surface area (Å²) in [6, 6.07) is 0.541. The molecule has 0 aromatic rings. The van der Waals surface area contributed by atoms with Crippen LogP contribution in [-0.2, 0) is 9.53 Å². The second-order valence-electron chi connectivity index (χ2n) is 3.46. The number of likely N-dealkylation sites (N-methyl/N-ethyl adjacent to an activating group) is 2. The Morgan fingerprint density at radius 1 is 1.62 bits per heavy atom. The van der Waals surface area contributed by atoms with Gasteiger partial charge in [0.2, 0.25) is 5.91 Å². The van der Waals surface area contributed by atoms with Crippen LogP contribution in [0.25, 0.3) is 0 Å². The maximum absolute atomic E-state index is 11.1. The Balaban J connectivity index is 2.58. The SMILES string of the molecule is CNC1CCOCC1N(C)C(C)=O. The third-order valence-electron chi connectivity index (χ3n) is 2.69. The van der Waals surface area contributed by atoms with Gasteiger partial charge in [-0.2, -0.15) is 0 Å². The van der Waals surface area contributed by atoms with E-state index < -0.39 is 0 Å². The van der Waals surface area contributed by atoms with Gasteiger partial charge in [0, 0.05) is 26.6 Å². The molecule has 4 nitrogen and oxygen atoms in total. The predicted octanol–water partition coefficient (Wildman–Crippen LogP) is -0.158. The maximum atomic E-state index is 11.1. The Kier molecular flexibility index (Phi) is 3.69.